The van der Waals surface area contributed by atoms with E-state index in [0.29, 0.717) is 23.9 Å². The topological polar surface area (TPSA) is 101 Å². The van der Waals surface area contributed by atoms with Gasteiger partial charge in [0.2, 0.25) is 5.91 Å². The van der Waals surface area contributed by atoms with Gasteiger partial charge in [-0.15, -0.1) is 0 Å². The van der Waals surface area contributed by atoms with Gasteiger partial charge >= 0.3 is 0 Å². The second-order valence-electron chi connectivity index (χ2n) is 9.57. The Labute approximate surface area is 218 Å². The van der Waals surface area contributed by atoms with Crippen molar-refractivity contribution in [2.45, 2.75) is 29.6 Å². The third-order valence-electron chi connectivity index (χ3n) is 7.05. The first-order valence-corrected chi connectivity index (χ1v) is 15.9. The van der Waals surface area contributed by atoms with Gasteiger partial charge in [0.05, 0.1) is 21.8 Å². The van der Waals surface area contributed by atoms with Crippen LogP contribution in [0.4, 0.5) is 5.69 Å². The first-order chi connectivity index (χ1) is 16.9. The molecule has 36 heavy (non-hydrogen) atoms. The van der Waals surface area contributed by atoms with Crippen LogP contribution in [0.5, 0.6) is 5.75 Å². The number of nitrogens with zero attached hydrogens (tertiary/aromatic N) is 2. The number of likely N-dealkylation sites (N-methyl/N-ethyl adjacent to an activating group) is 1. The third kappa shape index (κ3) is 5.72. The van der Waals surface area contributed by atoms with Crippen LogP contribution >= 0.6 is 11.6 Å². The summed E-state index contributed by atoms with van der Waals surface area (Å²) in [5, 5.41) is 0.639. The molecule has 0 aliphatic carbocycles. The molecule has 2 heterocycles. The monoisotopic (exact) mass is 554 g/mol. The number of carbonyl (C=O) groups excluding carboxylic acids is 1. The molecule has 1 fully saturated rings. The Morgan fingerprint density at radius 1 is 1.00 bits per heavy atom. The molecular weight excluding hydrogens is 524 g/mol. The van der Waals surface area contributed by atoms with E-state index < -0.39 is 25.1 Å². The van der Waals surface area contributed by atoms with Crippen molar-refractivity contribution in [3.05, 3.63) is 53.1 Å². The molecule has 2 aromatic carbocycles. The Morgan fingerprint density at radius 3 is 2.31 bits per heavy atom. The van der Waals surface area contributed by atoms with Crippen molar-refractivity contribution in [1.82, 2.24) is 4.90 Å². The maximum atomic E-state index is 13.1. The van der Waals surface area contributed by atoms with Gasteiger partial charge in [0.15, 0.2) is 9.84 Å². The van der Waals surface area contributed by atoms with E-state index in [1.165, 1.54) is 12.1 Å². The molecule has 0 N–H and O–H groups in total. The zero-order valence-electron chi connectivity index (χ0n) is 20.4. The summed E-state index contributed by atoms with van der Waals surface area (Å²) in [5.41, 5.74) is 1.43. The number of ether oxygens (including phenoxy) is 1. The van der Waals surface area contributed by atoms with Crippen molar-refractivity contribution in [3.63, 3.8) is 0 Å². The van der Waals surface area contributed by atoms with Gasteiger partial charge in [-0.25, -0.2) is 16.8 Å². The molecule has 1 spiro atoms. The van der Waals surface area contributed by atoms with Gasteiger partial charge in [0, 0.05) is 30.6 Å². The molecule has 0 radical (unpaired) electrons. The number of anilines is 1. The van der Waals surface area contributed by atoms with E-state index in [9.17, 15) is 21.6 Å². The number of likely N-dealkylation sites (tertiary alicyclic amines) is 1. The van der Waals surface area contributed by atoms with Crippen LogP contribution in [0.3, 0.4) is 0 Å². The molecule has 4 rings (SSSR count). The highest BCUT2D eigenvalue weighted by Crippen LogP contribution is 2.48. The van der Waals surface area contributed by atoms with Crippen LogP contribution in [0.1, 0.15) is 24.8 Å². The van der Waals surface area contributed by atoms with Gasteiger partial charge in [-0.2, -0.15) is 0 Å². The molecule has 0 unspecified atom stereocenters. The molecule has 0 saturated carbocycles. The van der Waals surface area contributed by atoms with Crippen LogP contribution in [-0.2, 0) is 29.9 Å². The van der Waals surface area contributed by atoms with Crippen LogP contribution in [-0.4, -0.2) is 78.7 Å². The fraction of sp³-hybridized carbons (Fsp3) is 0.480. The lowest BCUT2D eigenvalue weighted by Gasteiger charge is -2.38. The average molecular weight is 555 g/mol. The SMILES string of the molecule is CN1C(=O)C2(CCN(CCOc3ccc(S(=O)(=O)CCCS(C)(=O)=O)cc3)CC2)c2cc(Cl)ccc21. The summed E-state index contributed by atoms with van der Waals surface area (Å²) in [4.78, 5) is 17.3. The average Bonchev–Trinajstić information content (AvgIpc) is 3.01. The van der Waals surface area contributed by atoms with Crippen LogP contribution in [0.2, 0.25) is 5.02 Å². The predicted molar refractivity (Wildman–Crippen MR) is 141 cm³/mol. The number of rotatable bonds is 9. The lowest BCUT2D eigenvalue weighted by molar-refractivity contribution is -0.124. The number of fused-ring (bicyclic) bond motifs is 2. The molecule has 2 aliphatic heterocycles. The Balaban J connectivity index is 1.27. The van der Waals surface area contributed by atoms with Gasteiger partial charge in [-0.05, 0) is 80.4 Å². The maximum absolute atomic E-state index is 13.1. The standard InChI is InChI=1S/C25H31ClN2O6S2/c1-27-23-9-4-19(26)18-22(23)25(24(27)29)10-12-28(13-11-25)14-15-34-20-5-7-21(8-6-20)36(32,33)17-3-16-35(2,30)31/h4-9,18H,3,10-17H2,1-2H3. The lowest BCUT2D eigenvalue weighted by Crippen LogP contribution is -2.48. The number of sulfone groups is 2. The summed E-state index contributed by atoms with van der Waals surface area (Å²) >= 11 is 6.24. The van der Waals surface area contributed by atoms with Crippen LogP contribution in [0, 0.1) is 0 Å². The third-order valence-corrected chi connectivity index (χ3v) is 10.1. The van der Waals surface area contributed by atoms with E-state index in [2.05, 4.69) is 4.90 Å². The molecular formula is C25H31ClN2O6S2. The molecule has 11 heteroatoms. The minimum Gasteiger partial charge on any atom is -0.492 e. The molecule has 2 aromatic rings. The van der Waals surface area contributed by atoms with Crippen molar-refractivity contribution in [1.29, 1.82) is 0 Å². The van der Waals surface area contributed by atoms with E-state index in [4.69, 9.17) is 16.3 Å². The van der Waals surface area contributed by atoms with E-state index in [-0.39, 0.29) is 28.7 Å². The van der Waals surface area contributed by atoms with Gasteiger partial charge in [0.1, 0.15) is 22.2 Å². The zero-order chi connectivity index (χ0) is 26.1. The van der Waals surface area contributed by atoms with Gasteiger partial charge in [-0.3, -0.25) is 9.69 Å². The normalized spacial score (nSPS) is 18.0. The Bertz CT molecular complexity index is 1340. The van der Waals surface area contributed by atoms with Crippen molar-refractivity contribution in [3.8, 4) is 5.75 Å². The minimum atomic E-state index is -3.55. The highest BCUT2D eigenvalue weighted by Gasteiger charge is 2.50. The summed E-state index contributed by atoms with van der Waals surface area (Å²) < 4.78 is 53.1. The highest BCUT2D eigenvalue weighted by atomic mass is 35.5. The minimum absolute atomic E-state index is 0.0665. The summed E-state index contributed by atoms with van der Waals surface area (Å²) in [7, 11) is -4.93. The van der Waals surface area contributed by atoms with Gasteiger partial charge in [0.25, 0.3) is 0 Å². The molecule has 0 bridgehead atoms. The number of hydrogen-bond donors (Lipinski definition) is 0. The van der Waals surface area contributed by atoms with E-state index in [0.717, 1.165) is 43.4 Å². The van der Waals surface area contributed by atoms with E-state index >= 15 is 0 Å². The van der Waals surface area contributed by atoms with Crippen molar-refractivity contribution in [2.75, 3.05) is 56.0 Å². The lowest BCUT2D eigenvalue weighted by atomic mass is 9.73. The fourth-order valence-electron chi connectivity index (χ4n) is 5.04. The number of piperidine rings is 1. The molecule has 0 atom stereocenters. The van der Waals surface area contributed by atoms with Crippen LogP contribution in [0.15, 0.2) is 47.4 Å². The van der Waals surface area contributed by atoms with Crippen LogP contribution < -0.4 is 9.64 Å². The molecule has 196 valence electrons. The molecule has 8 nitrogen and oxygen atoms in total. The Hall–Kier alpha value is -2.14. The van der Waals surface area contributed by atoms with E-state index in [1.807, 2.05) is 25.2 Å². The van der Waals surface area contributed by atoms with Crippen molar-refractivity contribution < 1.29 is 26.4 Å². The van der Waals surface area contributed by atoms with E-state index in [1.54, 1.807) is 17.0 Å². The van der Waals surface area contributed by atoms with Crippen molar-refractivity contribution >= 4 is 42.9 Å². The van der Waals surface area contributed by atoms with Gasteiger partial charge < -0.3 is 9.64 Å². The number of benzene rings is 2. The van der Waals surface area contributed by atoms with Crippen LogP contribution in [0.25, 0.3) is 0 Å². The second-order valence-corrected chi connectivity index (χ2v) is 14.4. The molecule has 2 aliphatic rings. The Kier molecular flexibility index (Phi) is 7.71. The second kappa shape index (κ2) is 10.3. The number of carbonyl (C=O) groups is 1. The molecule has 1 saturated heterocycles. The number of amides is 1. The Morgan fingerprint density at radius 2 is 1.67 bits per heavy atom. The van der Waals surface area contributed by atoms with Crippen molar-refractivity contribution in [2.24, 2.45) is 0 Å². The molecule has 0 aromatic heterocycles. The summed E-state index contributed by atoms with van der Waals surface area (Å²) in [6.45, 7) is 2.65. The maximum Gasteiger partial charge on any atom is 0.237 e. The quantitative estimate of drug-likeness (QED) is 0.469. The fourth-order valence-corrected chi connectivity index (χ4v) is 7.37. The zero-order valence-corrected chi connectivity index (χ0v) is 22.8. The first-order valence-electron chi connectivity index (χ1n) is 11.9. The first kappa shape index (κ1) is 26.9. The largest absolute Gasteiger partial charge is 0.492 e. The number of hydrogen-bond acceptors (Lipinski definition) is 7. The summed E-state index contributed by atoms with van der Waals surface area (Å²) in [6, 6.07) is 11.9. The summed E-state index contributed by atoms with van der Waals surface area (Å²) in [5.74, 6) is 0.318. The summed E-state index contributed by atoms with van der Waals surface area (Å²) in [6.07, 6.45) is 2.59. The predicted octanol–water partition coefficient (Wildman–Crippen LogP) is 2.94. The smallest absolute Gasteiger partial charge is 0.237 e. The van der Waals surface area contributed by atoms with Gasteiger partial charge in [-0.1, -0.05) is 11.6 Å². The molecule has 1 amide bonds. The highest BCUT2D eigenvalue weighted by molar-refractivity contribution is 7.92. The number of halogens is 1.